The zero-order chi connectivity index (χ0) is 21.4. The number of nitrogens with zero attached hydrogens (tertiary/aromatic N) is 1. The summed E-state index contributed by atoms with van der Waals surface area (Å²) < 4.78 is 45.1. The fourth-order valence-electron chi connectivity index (χ4n) is 2.76. The van der Waals surface area contributed by atoms with Gasteiger partial charge in [-0.2, -0.15) is 4.31 Å². The topological polar surface area (TPSA) is 87.7 Å². The maximum atomic E-state index is 13.1. The van der Waals surface area contributed by atoms with Crippen molar-refractivity contribution in [3.8, 4) is 0 Å². The molecule has 2 N–H and O–H groups in total. The number of methoxy groups -OCH3 is 1. The second-order valence-electron chi connectivity index (χ2n) is 6.18. The average Bonchev–Trinajstić information content (AvgIpc) is 2.70. The van der Waals surface area contributed by atoms with Gasteiger partial charge in [-0.1, -0.05) is 13.8 Å². The molecule has 2 aromatic carbocycles. The smallest absolute Gasteiger partial charge is 0.257 e. The van der Waals surface area contributed by atoms with Crippen LogP contribution in [0.4, 0.5) is 15.8 Å². The van der Waals surface area contributed by atoms with Crippen LogP contribution in [-0.4, -0.2) is 52.0 Å². The molecule has 0 aliphatic rings. The summed E-state index contributed by atoms with van der Waals surface area (Å²) in [5.74, 6) is -0.926. The van der Waals surface area contributed by atoms with Crippen molar-refractivity contribution in [2.45, 2.75) is 18.7 Å². The predicted molar refractivity (Wildman–Crippen MR) is 111 cm³/mol. The highest BCUT2D eigenvalue weighted by Gasteiger charge is 2.24. The van der Waals surface area contributed by atoms with Gasteiger partial charge in [0.1, 0.15) is 5.82 Å². The molecule has 0 spiro atoms. The first-order chi connectivity index (χ1) is 13.8. The molecule has 1 amide bonds. The molecular weight excluding hydrogens is 397 g/mol. The van der Waals surface area contributed by atoms with E-state index in [1.165, 1.54) is 40.7 Å². The SMILES string of the molecule is CCN(CC)S(=O)(=O)c1ccc(NCCOC)c(C(=O)Nc2ccc(F)cc2)c1. The summed E-state index contributed by atoms with van der Waals surface area (Å²) >= 11 is 0. The molecule has 0 bridgehead atoms. The van der Waals surface area contributed by atoms with Crippen LogP contribution >= 0.6 is 0 Å². The van der Waals surface area contributed by atoms with Crippen molar-refractivity contribution >= 4 is 27.3 Å². The van der Waals surface area contributed by atoms with Crippen LogP contribution in [0.25, 0.3) is 0 Å². The Hall–Kier alpha value is -2.49. The summed E-state index contributed by atoms with van der Waals surface area (Å²) in [6.45, 7) is 5.01. The molecule has 2 aromatic rings. The van der Waals surface area contributed by atoms with E-state index >= 15 is 0 Å². The zero-order valence-corrected chi connectivity index (χ0v) is 17.6. The van der Waals surface area contributed by atoms with Gasteiger partial charge in [-0.25, -0.2) is 12.8 Å². The van der Waals surface area contributed by atoms with Gasteiger partial charge >= 0.3 is 0 Å². The molecule has 7 nitrogen and oxygen atoms in total. The number of ether oxygens (including phenoxy) is 1. The molecule has 0 aromatic heterocycles. The van der Waals surface area contributed by atoms with Crippen molar-refractivity contribution in [2.24, 2.45) is 0 Å². The van der Waals surface area contributed by atoms with Gasteiger partial charge in [-0.15, -0.1) is 0 Å². The summed E-state index contributed by atoms with van der Waals surface area (Å²) in [6.07, 6.45) is 0. The minimum absolute atomic E-state index is 0.0303. The molecule has 0 atom stereocenters. The average molecular weight is 424 g/mol. The minimum Gasteiger partial charge on any atom is -0.383 e. The Kier molecular flexibility index (Phi) is 8.12. The molecule has 2 rings (SSSR count). The van der Waals surface area contributed by atoms with Crippen LogP contribution < -0.4 is 10.6 Å². The maximum Gasteiger partial charge on any atom is 0.257 e. The summed E-state index contributed by atoms with van der Waals surface area (Å²) in [6, 6.07) is 9.71. The standard InChI is InChI=1S/C20H26FN3O4S/c1-4-24(5-2)29(26,27)17-10-11-19(22-12-13-28-3)18(14-17)20(25)23-16-8-6-15(21)7-9-16/h6-11,14,22H,4-5,12-13H2,1-3H3,(H,23,25). The Bertz CT molecular complexity index is 929. The lowest BCUT2D eigenvalue weighted by atomic mass is 10.1. The molecule has 0 aliphatic carbocycles. The van der Waals surface area contributed by atoms with Gasteiger partial charge < -0.3 is 15.4 Å². The Balaban J connectivity index is 2.41. The van der Waals surface area contributed by atoms with Crippen molar-refractivity contribution in [2.75, 3.05) is 44.0 Å². The van der Waals surface area contributed by atoms with E-state index in [0.717, 1.165) is 0 Å². The van der Waals surface area contributed by atoms with Crippen LogP contribution in [0.5, 0.6) is 0 Å². The van der Waals surface area contributed by atoms with E-state index in [2.05, 4.69) is 10.6 Å². The number of halogens is 1. The lowest BCUT2D eigenvalue weighted by molar-refractivity contribution is 0.102. The normalized spacial score (nSPS) is 11.5. The summed E-state index contributed by atoms with van der Waals surface area (Å²) in [5.41, 5.74) is 1.04. The number of anilines is 2. The van der Waals surface area contributed by atoms with Crippen molar-refractivity contribution in [1.29, 1.82) is 0 Å². The fraction of sp³-hybridized carbons (Fsp3) is 0.350. The van der Waals surface area contributed by atoms with E-state index in [-0.39, 0.29) is 10.5 Å². The summed E-state index contributed by atoms with van der Waals surface area (Å²) in [4.78, 5) is 12.9. The lowest BCUT2D eigenvalue weighted by Gasteiger charge is -2.20. The van der Waals surface area contributed by atoms with Crippen molar-refractivity contribution in [3.05, 3.63) is 53.8 Å². The monoisotopic (exact) mass is 423 g/mol. The molecule has 0 saturated carbocycles. The highest BCUT2D eigenvalue weighted by atomic mass is 32.2. The van der Waals surface area contributed by atoms with Gasteiger partial charge in [0.05, 0.1) is 17.1 Å². The first kappa shape index (κ1) is 22.8. The maximum absolute atomic E-state index is 13.1. The number of nitrogens with one attached hydrogen (secondary N) is 2. The van der Waals surface area contributed by atoms with Crippen LogP contribution in [0.15, 0.2) is 47.4 Å². The number of sulfonamides is 1. The van der Waals surface area contributed by atoms with Crippen LogP contribution in [0.3, 0.4) is 0 Å². The number of amides is 1. The second-order valence-corrected chi connectivity index (χ2v) is 8.12. The van der Waals surface area contributed by atoms with Gasteiger partial charge in [-0.05, 0) is 42.5 Å². The van der Waals surface area contributed by atoms with Crippen molar-refractivity contribution in [1.82, 2.24) is 4.31 Å². The third kappa shape index (κ3) is 5.75. The Morgan fingerprint density at radius 1 is 1.10 bits per heavy atom. The molecule has 9 heteroatoms. The molecule has 0 fully saturated rings. The van der Waals surface area contributed by atoms with E-state index < -0.39 is 21.7 Å². The third-order valence-electron chi connectivity index (χ3n) is 4.30. The van der Waals surface area contributed by atoms with Crippen molar-refractivity contribution in [3.63, 3.8) is 0 Å². The molecule has 0 heterocycles. The summed E-state index contributed by atoms with van der Waals surface area (Å²) in [5, 5.41) is 5.74. The molecule has 0 unspecified atom stereocenters. The molecule has 0 radical (unpaired) electrons. The largest absolute Gasteiger partial charge is 0.383 e. The Labute approximate surface area is 170 Å². The number of rotatable bonds is 10. The van der Waals surface area contributed by atoms with E-state index in [1.807, 2.05) is 0 Å². The van der Waals surface area contributed by atoms with Gasteiger partial charge in [0.25, 0.3) is 5.91 Å². The molecule has 158 valence electrons. The quantitative estimate of drug-likeness (QED) is 0.573. The first-order valence-electron chi connectivity index (χ1n) is 9.27. The van der Waals surface area contributed by atoms with Crippen molar-refractivity contribution < 1.29 is 22.3 Å². The molecular formula is C20H26FN3O4S. The van der Waals surface area contributed by atoms with Crippen LogP contribution in [0, 0.1) is 5.82 Å². The van der Waals surface area contributed by atoms with E-state index in [1.54, 1.807) is 27.0 Å². The Morgan fingerprint density at radius 3 is 2.34 bits per heavy atom. The lowest BCUT2D eigenvalue weighted by Crippen LogP contribution is -2.31. The van der Waals surface area contributed by atoms with E-state index in [0.29, 0.717) is 37.6 Å². The summed E-state index contributed by atoms with van der Waals surface area (Å²) in [7, 11) is -2.17. The number of hydrogen-bond donors (Lipinski definition) is 2. The van der Waals surface area contributed by atoms with Crippen LogP contribution in [-0.2, 0) is 14.8 Å². The minimum atomic E-state index is -3.73. The van der Waals surface area contributed by atoms with Crippen LogP contribution in [0.1, 0.15) is 24.2 Å². The van der Waals surface area contributed by atoms with Gasteiger partial charge in [0.15, 0.2) is 0 Å². The van der Waals surface area contributed by atoms with Gasteiger partial charge in [0, 0.05) is 38.1 Å². The number of hydrogen-bond acceptors (Lipinski definition) is 5. The molecule has 0 saturated heterocycles. The fourth-order valence-corrected chi connectivity index (χ4v) is 4.24. The Morgan fingerprint density at radius 2 is 1.76 bits per heavy atom. The number of benzene rings is 2. The number of carbonyl (C=O) groups excluding carboxylic acids is 1. The van der Waals surface area contributed by atoms with Gasteiger partial charge in [-0.3, -0.25) is 4.79 Å². The zero-order valence-electron chi connectivity index (χ0n) is 16.7. The first-order valence-corrected chi connectivity index (χ1v) is 10.7. The van der Waals surface area contributed by atoms with Gasteiger partial charge in [0.2, 0.25) is 10.0 Å². The predicted octanol–water partition coefficient (Wildman–Crippen LogP) is 3.17. The molecule has 29 heavy (non-hydrogen) atoms. The molecule has 0 aliphatic heterocycles. The highest BCUT2D eigenvalue weighted by molar-refractivity contribution is 7.89. The van der Waals surface area contributed by atoms with E-state index in [4.69, 9.17) is 4.74 Å². The van der Waals surface area contributed by atoms with E-state index in [9.17, 15) is 17.6 Å². The third-order valence-corrected chi connectivity index (χ3v) is 6.35. The van der Waals surface area contributed by atoms with Crippen LogP contribution in [0.2, 0.25) is 0 Å². The second kappa shape index (κ2) is 10.3. The number of carbonyl (C=O) groups is 1. The highest BCUT2D eigenvalue weighted by Crippen LogP contribution is 2.24.